The van der Waals surface area contributed by atoms with Gasteiger partial charge in [-0.1, -0.05) is 115 Å². The lowest BCUT2D eigenvalue weighted by atomic mass is 9.83. The Morgan fingerprint density at radius 2 is 0.938 bits per heavy atom. The molecule has 1 aliphatic rings. The normalized spacial score (nSPS) is 23.6. The lowest BCUT2D eigenvalue weighted by Crippen LogP contribution is -2.49. The van der Waals surface area contributed by atoms with Gasteiger partial charge in [-0.05, 0) is 48.6 Å². The number of rotatable bonds is 5. The molecule has 0 amide bonds. The lowest BCUT2D eigenvalue weighted by molar-refractivity contribution is -0.276. The second kappa shape index (κ2) is 8.05. The highest BCUT2D eigenvalue weighted by Crippen LogP contribution is 2.56. The van der Waals surface area contributed by atoms with Crippen LogP contribution in [-0.2, 0) is 15.9 Å². The molecule has 4 aromatic rings. The molecule has 4 aromatic carbocycles. The standard InChI is InChI=1S/C30H29NO/c1-23(24-15-7-4-8-16-24)32-31-29(2,25-17-9-5-10-18-25)27-21-13-14-22-28(27)30(31,3)26-19-11-6-12-20-26/h4-23H,1-3H3. The van der Waals surface area contributed by atoms with Gasteiger partial charge in [-0.2, -0.15) is 5.06 Å². The maximum atomic E-state index is 6.95. The van der Waals surface area contributed by atoms with Crippen LogP contribution < -0.4 is 0 Å². The summed E-state index contributed by atoms with van der Waals surface area (Å²) in [5.41, 5.74) is 5.24. The van der Waals surface area contributed by atoms with Crippen LogP contribution in [0.3, 0.4) is 0 Å². The van der Waals surface area contributed by atoms with E-state index in [1.807, 2.05) is 6.07 Å². The van der Waals surface area contributed by atoms with Crippen LogP contribution in [0.4, 0.5) is 0 Å². The molecule has 0 saturated carbocycles. The minimum Gasteiger partial charge on any atom is -0.289 e. The summed E-state index contributed by atoms with van der Waals surface area (Å²) in [6, 6.07) is 40.6. The fourth-order valence-corrected chi connectivity index (χ4v) is 5.22. The molecule has 32 heavy (non-hydrogen) atoms. The average Bonchev–Trinajstić information content (AvgIpc) is 3.06. The summed E-state index contributed by atoms with van der Waals surface area (Å²) in [6.45, 7) is 6.70. The highest BCUT2D eigenvalue weighted by molar-refractivity contribution is 5.54. The molecule has 1 heterocycles. The van der Waals surface area contributed by atoms with Gasteiger partial charge in [-0.3, -0.25) is 4.84 Å². The molecule has 0 radical (unpaired) electrons. The Morgan fingerprint density at radius 1 is 0.562 bits per heavy atom. The van der Waals surface area contributed by atoms with Crippen LogP contribution in [0.25, 0.3) is 0 Å². The number of hydrogen-bond donors (Lipinski definition) is 0. The highest BCUT2D eigenvalue weighted by Gasteiger charge is 2.57. The molecule has 0 fully saturated rings. The first-order valence-electron chi connectivity index (χ1n) is 11.3. The van der Waals surface area contributed by atoms with E-state index in [0.717, 1.165) is 5.56 Å². The SMILES string of the molecule is CC(ON1C(C)(c2ccccc2)c2ccccc2C1(C)c1ccccc1)c1ccccc1. The van der Waals surface area contributed by atoms with Crippen LogP contribution in [0.1, 0.15) is 54.7 Å². The average molecular weight is 420 g/mol. The van der Waals surface area contributed by atoms with Crippen LogP contribution in [0, 0.1) is 0 Å². The minimum absolute atomic E-state index is 0.100. The molecule has 2 heteroatoms. The molecule has 160 valence electrons. The molecule has 0 N–H and O–H groups in total. The number of fused-ring (bicyclic) bond motifs is 1. The Balaban J connectivity index is 1.74. The van der Waals surface area contributed by atoms with Gasteiger partial charge in [0, 0.05) is 0 Å². The molecule has 0 saturated heterocycles. The van der Waals surface area contributed by atoms with E-state index < -0.39 is 11.1 Å². The number of hydrogen-bond acceptors (Lipinski definition) is 2. The summed E-state index contributed by atoms with van der Waals surface area (Å²) < 4.78 is 0. The molecule has 0 aromatic heterocycles. The molecule has 0 aliphatic carbocycles. The van der Waals surface area contributed by atoms with Crippen molar-refractivity contribution in [3.63, 3.8) is 0 Å². The maximum absolute atomic E-state index is 6.95. The molecule has 3 atom stereocenters. The summed E-state index contributed by atoms with van der Waals surface area (Å²) in [5.74, 6) is 0. The van der Waals surface area contributed by atoms with Crippen molar-refractivity contribution in [1.29, 1.82) is 0 Å². The molecule has 5 rings (SSSR count). The molecule has 0 bridgehead atoms. The predicted molar refractivity (Wildman–Crippen MR) is 130 cm³/mol. The van der Waals surface area contributed by atoms with Gasteiger partial charge in [0.1, 0.15) is 6.10 Å². The monoisotopic (exact) mass is 419 g/mol. The largest absolute Gasteiger partial charge is 0.289 e. The zero-order valence-corrected chi connectivity index (χ0v) is 18.9. The summed E-state index contributed by atoms with van der Waals surface area (Å²) in [4.78, 5) is 6.95. The molecule has 2 nitrogen and oxygen atoms in total. The topological polar surface area (TPSA) is 12.5 Å². The fraction of sp³-hybridized carbons (Fsp3) is 0.200. The summed E-state index contributed by atoms with van der Waals surface area (Å²) in [5, 5.41) is 2.24. The quantitative estimate of drug-likeness (QED) is 0.338. The lowest BCUT2D eigenvalue weighted by Gasteiger charge is -2.45. The van der Waals surface area contributed by atoms with Gasteiger partial charge in [-0.25, -0.2) is 0 Å². The Labute approximate surface area is 191 Å². The zero-order valence-electron chi connectivity index (χ0n) is 18.9. The second-order valence-corrected chi connectivity index (χ2v) is 8.87. The zero-order chi connectivity index (χ0) is 22.2. The molecule has 1 aliphatic heterocycles. The van der Waals surface area contributed by atoms with Crippen molar-refractivity contribution >= 4 is 0 Å². The smallest absolute Gasteiger partial charge is 0.102 e. The van der Waals surface area contributed by atoms with Gasteiger partial charge < -0.3 is 0 Å². The number of hydroxylamine groups is 2. The van der Waals surface area contributed by atoms with Gasteiger partial charge in [0.15, 0.2) is 0 Å². The highest BCUT2D eigenvalue weighted by atomic mass is 16.7. The molecular weight excluding hydrogens is 390 g/mol. The third kappa shape index (κ3) is 3.10. The fourth-order valence-electron chi connectivity index (χ4n) is 5.22. The number of benzene rings is 4. The first-order chi connectivity index (χ1) is 15.6. The van der Waals surface area contributed by atoms with Crippen molar-refractivity contribution in [2.24, 2.45) is 0 Å². The Morgan fingerprint density at radius 3 is 1.38 bits per heavy atom. The van der Waals surface area contributed by atoms with Crippen LogP contribution in [0.15, 0.2) is 115 Å². The van der Waals surface area contributed by atoms with Crippen molar-refractivity contribution in [2.45, 2.75) is 38.0 Å². The molecular formula is C30H29NO. The van der Waals surface area contributed by atoms with Crippen LogP contribution >= 0.6 is 0 Å². The Kier molecular flexibility index (Phi) is 5.21. The van der Waals surface area contributed by atoms with Gasteiger partial charge in [0.05, 0.1) is 11.1 Å². The van der Waals surface area contributed by atoms with E-state index in [1.54, 1.807) is 0 Å². The van der Waals surface area contributed by atoms with E-state index in [-0.39, 0.29) is 6.10 Å². The van der Waals surface area contributed by atoms with Gasteiger partial charge in [0.2, 0.25) is 0 Å². The van der Waals surface area contributed by atoms with E-state index in [1.165, 1.54) is 22.3 Å². The van der Waals surface area contributed by atoms with E-state index in [4.69, 9.17) is 4.84 Å². The third-order valence-corrected chi connectivity index (χ3v) is 6.99. The van der Waals surface area contributed by atoms with Crippen molar-refractivity contribution < 1.29 is 4.84 Å². The van der Waals surface area contributed by atoms with Gasteiger partial charge in [0.25, 0.3) is 0 Å². The third-order valence-electron chi connectivity index (χ3n) is 6.99. The first kappa shape index (κ1) is 20.7. The maximum Gasteiger partial charge on any atom is 0.102 e. The first-order valence-corrected chi connectivity index (χ1v) is 11.3. The van der Waals surface area contributed by atoms with Crippen molar-refractivity contribution in [1.82, 2.24) is 5.06 Å². The number of nitrogens with zero attached hydrogens (tertiary/aromatic N) is 1. The van der Waals surface area contributed by atoms with E-state index >= 15 is 0 Å². The van der Waals surface area contributed by atoms with Crippen LogP contribution in [0.2, 0.25) is 0 Å². The van der Waals surface area contributed by atoms with Crippen LogP contribution in [-0.4, -0.2) is 5.06 Å². The van der Waals surface area contributed by atoms with Crippen LogP contribution in [0.5, 0.6) is 0 Å². The predicted octanol–water partition coefficient (Wildman–Crippen LogP) is 7.22. The Bertz CT molecular complexity index is 1120. The van der Waals surface area contributed by atoms with E-state index in [0.29, 0.717) is 0 Å². The summed E-state index contributed by atoms with van der Waals surface area (Å²) in [6.07, 6.45) is -0.100. The summed E-state index contributed by atoms with van der Waals surface area (Å²) >= 11 is 0. The van der Waals surface area contributed by atoms with Crippen molar-refractivity contribution in [3.8, 4) is 0 Å². The van der Waals surface area contributed by atoms with E-state index in [9.17, 15) is 0 Å². The Hall–Kier alpha value is -3.20. The second-order valence-electron chi connectivity index (χ2n) is 8.87. The minimum atomic E-state index is -0.453. The molecule has 0 spiro atoms. The van der Waals surface area contributed by atoms with Gasteiger partial charge in [-0.15, -0.1) is 0 Å². The molecule has 3 unspecified atom stereocenters. The van der Waals surface area contributed by atoms with Crippen molar-refractivity contribution in [3.05, 3.63) is 143 Å². The van der Waals surface area contributed by atoms with E-state index in [2.05, 4.69) is 135 Å². The van der Waals surface area contributed by atoms with Gasteiger partial charge >= 0.3 is 0 Å². The summed E-state index contributed by atoms with van der Waals surface area (Å²) in [7, 11) is 0. The van der Waals surface area contributed by atoms with Crippen molar-refractivity contribution in [2.75, 3.05) is 0 Å².